The molecule has 3 aliphatic rings. The molecule has 3 aliphatic heterocycles. The molecule has 4 heterocycles. The van der Waals surface area contributed by atoms with Gasteiger partial charge in [0.25, 0.3) is 0 Å². The van der Waals surface area contributed by atoms with Gasteiger partial charge in [-0.3, -0.25) is 0 Å². The van der Waals surface area contributed by atoms with Crippen molar-refractivity contribution in [3.8, 4) is 17.6 Å². The Bertz CT molecular complexity index is 1130. The molecule has 7 nitrogen and oxygen atoms in total. The summed E-state index contributed by atoms with van der Waals surface area (Å²) in [7, 11) is 1.69. The molecule has 0 radical (unpaired) electrons. The number of halogens is 1. The summed E-state index contributed by atoms with van der Waals surface area (Å²) >= 11 is 0. The monoisotopic (exact) mass is 508 g/mol. The number of alkyl halides is 1. The van der Waals surface area contributed by atoms with Gasteiger partial charge >= 0.3 is 0 Å². The third-order valence-corrected chi connectivity index (χ3v) is 7.99. The van der Waals surface area contributed by atoms with E-state index in [1.807, 2.05) is 17.0 Å². The van der Waals surface area contributed by atoms with Crippen LogP contribution in [0.4, 0.5) is 16.2 Å². The van der Waals surface area contributed by atoms with Crippen LogP contribution in [0.15, 0.2) is 12.1 Å². The molecule has 1 aromatic heterocycles. The van der Waals surface area contributed by atoms with E-state index in [0.717, 1.165) is 66.9 Å². The Hall–Kier alpha value is -2.63. The first-order valence-corrected chi connectivity index (χ1v) is 14.0. The fraction of sp³-hybridized carbons (Fsp3) is 0.655. The SMILES string of the molecule is COc1cc2c(NC3CCN(C(C)C)CC3)nc(N3CC[C@@H](F)C3)nc2cc1C#CCCN1CCCC1. The van der Waals surface area contributed by atoms with Gasteiger partial charge in [0.05, 0.1) is 24.7 Å². The zero-order valence-corrected chi connectivity index (χ0v) is 22.6. The Morgan fingerprint density at radius 2 is 1.86 bits per heavy atom. The number of benzene rings is 1. The number of aromatic nitrogens is 2. The standard InChI is InChI=1S/C29H41FN6O/c1-21(2)35-16-10-24(11-17-35)31-28-25-19-27(37-3)22(8-4-5-12-34-13-6-7-14-34)18-26(25)32-29(33-28)36-15-9-23(30)20-36/h18-19,21,23-24H,5-7,9-17,20H2,1-3H3,(H,31,32,33)/t23-/m1/s1. The summed E-state index contributed by atoms with van der Waals surface area (Å²) in [5, 5.41) is 4.64. The van der Waals surface area contributed by atoms with Gasteiger partial charge in [-0.05, 0) is 71.2 Å². The van der Waals surface area contributed by atoms with Gasteiger partial charge in [-0.2, -0.15) is 4.98 Å². The van der Waals surface area contributed by atoms with Crippen LogP contribution in [0.5, 0.6) is 5.75 Å². The minimum Gasteiger partial charge on any atom is -0.495 e. The van der Waals surface area contributed by atoms with Crippen LogP contribution < -0.4 is 15.0 Å². The van der Waals surface area contributed by atoms with E-state index < -0.39 is 6.17 Å². The fourth-order valence-electron chi connectivity index (χ4n) is 5.69. The molecule has 0 unspecified atom stereocenters. The van der Waals surface area contributed by atoms with E-state index in [4.69, 9.17) is 14.7 Å². The summed E-state index contributed by atoms with van der Waals surface area (Å²) in [4.78, 5) is 16.7. The molecule has 0 saturated carbocycles. The van der Waals surface area contributed by atoms with Crippen LogP contribution in [0.2, 0.25) is 0 Å². The van der Waals surface area contributed by atoms with Crippen molar-refractivity contribution in [3.05, 3.63) is 17.7 Å². The summed E-state index contributed by atoms with van der Waals surface area (Å²) in [6, 6.07) is 4.93. The number of nitrogens with zero attached hydrogens (tertiary/aromatic N) is 5. The van der Waals surface area contributed by atoms with Crippen LogP contribution in [-0.4, -0.2) is 90.9 Å². The molecule has 2 aromatic rings. The van der Waals surface area contributed by atoms with E-state index in [1.165, 1.54) is 25.9 Å². The number of nitrogens with one attached hydrogen (secondary N) is 1. The number of likely N-dealkylation sites (tertiary alicyclic amines) is 2. The van der Waals surface area contributed by atoms with Gasteiger partial charge in [-0.25, -0.2) is 9.37 Å². The highest BCUT2D eigenvalue weighted by atomic mass is 19.1. The normalized spacial score (nSPS) is 21.5. The zero-order valence-electron chi connectivity index (χ0n) is 22.6. The number of hydrogen-bond donors (Lipinski definition) is 1. The quantitative estimate of drug-likeness (QED) is 0.560. The van der Waals surface area contributed by atoms with E-state index in [9.17, 15) is 4.39 Å². The first kappa shape index (κ1) is 26.0. The van der Waals surface area contributed by atoms with E-state index in [-0.39, 0.29) is 0 Å². The number of rotatable bonds is 7. The molecule has 0 aliphatic carbocycles. The number of piperidine rings is 1. The third-order valence-electron chi connectivity index (χ3n) is 7.99. The van der Waals surface area contributed by atoms with E-state index in [1.54, 1.807) is 7.11 Å². The molecular formula is C29H41FN6O. The molecule has 8 heteroatoms. The van der Waals surface area contributed by atoms with Crippen molar-refractivity contribution >= 4 is 22.7 Å². The zero-order chi connectivity index (χ0) is 25.8. The number of hydrogen-bond acceptors (Lipinski definition) is 7. The summed E-state index contributed by atoms with van der Waals surface area (Å²) < 4.78 is 19.8. The van der Waals surface area contributed by atoms with E-state index in [2.05, 4.69) is 40.8 Å². The van der Waals surface area contributed by atoms with Crippen molar-refractivity contribution in [2.45, 2.75) is 70.6 Å². The van der Waals surface area contributed by atoms with Gasteiger partial charge < -0.3 is 24.8 Å². The van der Waals surface area contributed by atoms with Crippen molar-refractivity contribution in [3.63, 3.8) is 0 Å². The minimum atomic E-state index is -0.830. The van der Waals surface area contributed by atoms with Crippen molar-refractivity contribution < 1.29 is 9.13 Å². The highest BCUT2D eigenvalue weighted by molar-refractivity contribution is 5.93. The Balaban J connectivity index is 1.43. The Kier molecular flexibility index (Phi) is 8.31. The lowest BCUT2D eigenvalue weighted by Gasteiger charge is -2.35. The molecule has 1 N–H and O–H groups in total. The molecule has 3 saturated heterocycles. The Morgan fingerprint density at radius 1 is 1.08 bits per heavy atom. The third kappa shape index (κ3) is 6.27. The average Bonchev–Trinajstić information content (AvgIpc) is 3.58. The maximum absolute atomic E-state index is 14.0. The molecule has 1 aromatic carbocycles. The van der Waals surface area contributed by atoms with Gasteiger partial charge in [0, 0.05) is 50.1 Å². The second-order valence-electron chi connectivity index (χ2n) is 10.9. The van der Waals surface area contributed by atoms with Gasteiger partial charge in [-0.1, -0.05) is 11.8 Å². The fourth-order valence-corrected chi connectivity index (χ4v) is 5.69. The van der Waals surface area contributed by atoms with Gasteiger partial charge in [-0.15, -0.1) is 0 Å². The van der Waals surface area contributed by atoms with Gasteiger partial charge in [0.15, 0.2) is 0 Å². The summed E-state index contributed by atoms with van der Waals surface area (Å²) in [6.07, 6.45) is 5.24. The molecule has 0 bridgehead atoms. The predicted molar refractivity (Wildman–Crippen MR) is 148 cm³/mol. The lowest BCUT2D eigenvalue weighted by molar-refractivity contribution is 0.177. The van der Waals surface area contributed by atoms with Crippen LogP contribution >= 0.6 is 0 Å². The number of ether oxygens (including phenoxy) is 1. The molecule has 200 valence electrons. The van der Waals surface area contributed by atoms with Crippen LogP contribution in [0.1, 0.15) is 57.9 Å². The Morgan fingerprint density at radius 3 is 2.54 bits per heavy atom. The number of anilines is 2. The first-order chi connectivity index (χ1) is 18.0. The van der Waals surface area contributed by atoms with Crippen molar-refractivity contribution in [2.75, 3.05) is 63.1 Å². The molecule has 1 atom stereocenters. The maximum Gasteiger partial charge on any atom is 0.227 e. The molecule has 0 spiro atoms. The van der Waals surface area contributed by atoms with Crippen molar-refractivity contribution in [2.24, 2.45) is 0 Å². The maximum atomic E-state index is 14.0. The van der Waals surface area contributed by atoms with Crippen LogP contribution in [0.25, 0.3) is 10.9 Å². The molecule has 3 fully saturated rings. The lowest BCUT2D eigenvalue weighted by Crippen LogP contribution is -2.42. The summed E-state index contributed by atoms with van der Waals surface area (Å²) in [5.41, 5.74) is 1.65. The lowest BCUT2D eigenvalue weighted by atomic mass is 10.0. The molecule has 0 amide bonds. The second-order valence-corrected chi connectivity index (χ2v) is 10.9. The largest absolute Gasteiger partial charge is 0.495 e. The van der Waals surface area contributed by atoms with Crippen molar-refractivity contribution in [1.29, 1.82) is 0 Å². The second kappa shape index (κ2) is 11.8. The Labute approximate surface area is 220 Å². The molecular weight excluding hydrogens is 467 g/mol. The topological polar surface area (TPSA) is 56.8 Å². The summed E-state index contributed by atoms with van der Waals surface area (Å²) in [6.45, 7) is 11.0. The van der Waals surface area contributed by atoms with Crippen LogP contribution in [0.3, 0.4) is 0 Å². The highest BCUT2D eigenvalue weighted by Crippen LogP contribution is 2.32. The predicted octanol–water partition coefficient (Wildman–Crippen LogP) is 4.31. The van der Waals surface area contributed by atoms with Crippen LogP contribution in [-0.2, 0) is 0 Å². The smallest absolute Gasteiger partial charge is 0.227 e. The van der Waals surface area contributed by atoms with Crippen LogP contribution in [0, 0.1) is 11.8 Å². The molecule has 5 rings (SSSR count). The summed E-state index contributed by atoms with van der Waals surface area (Å²) in [5.74, 6) is 8.80. The highest BCUT2D eigenvalue weighted by Gasteiger charge is 2.27. The number of fused-ring (bicyclic) bond motifs is 1. The minimum absolute atomic E-state index is 0.338. The van der Waals surface area contributed by atoms with Gasteiger partial charge in [0.2, 0.25) is 5.95 Å². The average molecular weight is 509 g/mol. The number of methoxy groups -OCH3 is 1. The van der Waals surface area contributed by atoms with Gasteiger partial charge in [0.1, 0.15) is 17.7 Å². The van der Waals surface area contributed by atoms with E-state index >= 15 is 0 Å². The van der Waals surface area contributed by atoms with E-state index in [0.29, 0.717) is 37.5 Å². The molecule has 37 heavy (non-hydrogen) atoms. The van der Waals surface area contributed by atoms with Crippen molar-refractivity contribution in [1.82, 2.24) is 19.8 Å². The first-order valence-electron chi connectivity index (χ1n) is 14.0.